The van der Waals surface area contributed by atoms with E-state index < -0.39 is 0 Å². The standard InChI is InChI=1S/C13H18ClNO.ClH/c1-16-12-2-3-13(14)11(9-12)8-10-4-6-15-7-5-10;/h2-3,9-10,15H,4-8H2,1H3;1H. The van der Waals surface area contributed by atoms with Crippen LogP contribution in [0.25, 0.3) is 0 Å². The van der Waals surface area contributed by atoms with E-state index in [1.54, 1.807) is 7.11 Å². The van der Waals surface area contributed by atoms with Crippen molar-refractivity contribution in [3.8, 4) is 5.75 Å². The molecule has 1 aliphatic heterocycles. The van der Waals surface area contributed by atoms with Gasteiger partial charge in [0.05, 0.1) is 7.11 Å². The Kier molecular flexibility index (Phi) is 6.10. The summed E-state index contributed by atoms with van der Waals surface area (Å²) in [5, 5.41) is 4.24. The monoisotopic (exact) mass is 275 g/mol. The number of rotatable bonds is 3. The molecule has 1 heterocycles. The van der Waals surface area contributed by atoms with Crippen LogP contribution in [0.2, 0.25) is 5.02 Å². The van der Waals surface area contributed by atoms with Gasteiger partial charge in [0, 0.05) is 5.02 Å². The van der Waals surface area contributed by atoms with Gasteiger partial charge in [0.25, 0.3) is 0 Å². The molecule has 0 spiro atoms. The molecular formula is C13H19Cl2NO. The molecule has 0 amide bonds. The van der Waals surface area contributed by atoms with Gasteiger partial charge in [-0.25, -0.2) is 0 Å². The summed E-state index contributed by atoms with van der Waals surface area (Å²) in [6.07, 6.45) is 3.55. The van der Waals surface area contributed by atoms with Crippen molar-refractivity contribution in [1.82, 2.24) is 5.32 Å². The first-order valence-electron chi connectivity index (χ1n) is 5.82. The second-order valence-corrected chi connectivity index (χ2v) is 4.76. The molecule has 0 bridgehead atoms. The summed E-state index contributed by atoms with van der Waals surface area (Å²) in [7, 11) is 1.69. The van der Waals surface area contributed by atoms with E-state index in [0.29, 0.717) is 0 Å². The molecule has 0 radical (unpaired) electrons. The molecule has 2 rings (SSSR count). The van der Waals surface area contributed by atoms with Crippen molar-refractivity contribution < 1.29 is 4.74 Å². The molecule has 4 heteroatoms. The van der Waals surface area contributed by atoms with Crippen LogP contribution in [0, 0.1) is 5.92 Å². The van der Waals surface area contributed by atoms with Crippen LogP contribution in [0.15, 0.2) is 18.2 Å². The fourth-order valence-electron chi connectivity index (χ4n) is 2.23. The van der Waals surface area contributed by atoms with Gasteiger partial charge in [-0.15, -0.1) is 12.4 Å². The highest BCUT2D eigenvalue weighted by atomic mass is 35.5. The number of piperidine rings is 1. The predicted octanol–water partition coefficient (Wildman–Crippen LogP) is 3.31. The van der Waals surface area contributed by atoms with Gasteiger partial charge in [-0.3, -0.25) is 0 Å². The Morgan fingerprint density at radius 3 is 2.71 bits per heavy atom. The van der Waals surface area contributed by atoms with Gasteiger partial charge in [0.15, 0.2) is 0 Å². The van der Waals surface area contributed by atoms with Crippen molar-refractivity contribution in [2.45, 2.75) is 19.3 Å². The largest absolute Gasteiger partial charge is 0.497 e. The number of hydrogen-bond donors (Lipinski definition) is 1. The van der Waals surface area contributed by atoms with Crippen molar-refractivity contribution in [3.63, 3.8) is 0 Å². The molecule has 1 saturated heterocycles. The summed E-state index contributed by atoms with van der Waals surface area (Å²) in [4.78, 5) is 0. The number of methoxy groups -OCH3 is 1. The lowest BCUT2D eigenvalue weighted by atomic mass is 9.91. The Morgan fingerprint density at radius 1 is 1.35 bits per heavy atom. The molecule has 17 heavy (non-hydrogen) atoms. The van der Waals surface area contributed by atoms with E-state index in [4.69, 9.17) is 16.3 Å². The maximum atomic E-state index is 6.20. The Bertz CT molecular complexity index is 351. The fraction of sp³-hybridized carbons (Fsp3) is 0.538. The second kappa shape index (κ2) is 7.10. The minimum absolute atomic E-state index is 0. The van der Waals surface area contributed by atoms with E-state index >= 15 is 0 Å². The van der Waals surface area contributed by atoms with Crippen molar-refractivity contribution in [1.29, 1.82) is 0 Å². The third-order valence-corrected chi connectivity index (χ3v) is 3.59. The summed E-state index contributed by atoms with van der Waals surface area (Å²) < 4.78 is 5.23. The first kappa shape index (κ1) is 14.6. The quantitative estimate of drug-likeness (QED) is 0.914. The number of hydrogen-bond acceptors (Lipinski definition) is 2. The summed E-state index contributed by atoms with van der Waals surface area (Å²) in [5.74, 6) is 1.65. The number of nitrogens with one attached hydrogen (secondary N) is 1. The topological polar surface area (TPSA) is 21.3 Å². The zero-order chi connectivity index (χ0) is 11.4. The van der Waals surface area contributed by atoms with Crippen LogP contribution in [0.3, 0.4) is 0 Å². The Hall–Kier alpha value is -0.440. The number of benzene rings is 1. The minimum atomic E-state index is 0. The normalized spacial score (nSPS) is 16.4. The average molecular weight is 276 g/mol. The summed E-state index contributed by atoms with van der Waals surface area (Å²) in [5.41, 5.74) is 1.22. The molecule has 2 nitrogen and oxygen atoms in total. The maximum absolute atomic E-state index is 6.20. The SMILES string of the molecule is COc1ccc(Cl)c(CC2CCNCC2)c1.Cl. The van der Waals surface area contributed by atoms with Crippen molar-refractivity contribution in [3.05, 3.63) is 28.8 Å². The molecule has 96 valence electrons. The van der Waals surface area contributed by atoms with Gasteiger partial charge in [-0.2, -0.15) is 0 Å². The Morgan fingerprint density at radius 2 is 2.06 bits per heavy atom. The minimum Gasteiger partial charge on any atom is -0.497 e. The zero-order valence-electron chi connectivity index (χ0n) is 10.0. The van der Waals surface area contributed by atoms with E-state index in [2.05, 4.69) is 11.4 Å². The lowest BCUT2D eigenvalue weighted by Crippen LogP contribution is -2.28. The number of ether oxygens (including phenoxy) is 1. The summed E-state index contributed by atoms with van der Waals surface area (Å²) >= 11 is 6.20. The van der Waals surface area contributed by atoms with Crippen molar-refractivity contribution in [2.24, 2.45) is 5.92 Å². The van der Waals surface area contributed by atoms with E-state index in [0.717, 1.165) is 36.2 Å². The second-order valence-electron chi connectivity index (χ2n) is 4.35. The van der Waals surface area contributed by atoms with Crippen molar-refractivity contribution >= 4 is 24.0 Å². The molecule has 1 aliphatic rings. The molecular weight excluding hydrogens is 257 g/mol. The van der Waals surface area contributed by atoms with E-state index in [1.807, 2.05) is 12.1 Å². The van der Waals surface area contributed by atoms with Gasteiger partial charge >= 0.3 is 0 Å². The zero-order valence-corrected chi connectivity index (χ0v) is 11.6. The Labute approximate surface area is 114 Å². The van der Waals surface area contributed by atoms with Crippen LogP contribution in [0.1, 0.15) is 18.4 Å². The average Bonchev–Trinajstić information content (AvgIpc) is 2.33. The molecule has 0 atom stereocenters. The first-order chi connectivity index (χ1) is 7.79. The smallest absolute Gasteiger partial charge is 0.119 e. The van der Waals surface area contributed by atoms with Crippen LogP contribution in [-0.2, 0) is 6.42 Å². The molecule has 0 aliphatic carbocycles. The molecule has 1 N–H and O–H groups in total. The third kappa shape index (κ3) is 4.06. The fourth-order valence-corrected chi connectivity index (χ4v) is 2.43. The molecule has 0 aromatic heterocycles. The lowest BCUT2D eigenvalue weighted by Gasteiger charge is -2.23. The van der Waals surface area contributed by atoms with E-state index in [9.17, 15) is 0 Å². The lowest BCUT2D eigenvalue weighted by molar-refractivity contribution is 0.371. The summed E-state index contributed by atoms with van der Waals surface area (Å²) in [6.45, 7) is 2.26. The third-order valence-electron chi connectivity index (χ3n) is 3.22. The van der Waals surface area contributed by atoms with Gasteiger partial charge in [0.1, 0.15) is 5.75 Å². The first-order valence-corrected chi connectivity index (χ1v) is 6.20. The van der Waals surface area contributed by atoms with Crippen LogP contribution in [-0.4, -0.2) is 20.2 Å². The van der Waals surface area contributed by atoms with Crippen molar-refractivity contribution in [2.75, 3.05) is 20.2 Å². The van der Waals surface area contributed by atoms with Crippen LogP contribution in [0.5, 0.6) is 5.75 Å². The maximum Gasteiger partial charge on any atom is 0.119 e. The molecule has 1 aromatic carbocycles. The molecule has 0 saturated carbocycles. The van der Waals surface area contributed by atoms with E-state index in [-0.39, 0.29) is 12.4 Å². The number of halogens is 2. The summed E-state index contributed by atoms with van der Waals surface area (Å²) in [6, 6.07) is 5.90. The molecule has 1 aromatic rings. The van der Waals surface area contributed by atoms with Gasteiger partial charge in [-0.05, 0) is 62.0 Å². The predicted molar refractivity (Wildman–Crippen MR) is 74.5 cm³/mol. The van der Waals surface area contributed by atoms with Crippen LogP contribution < -0.4 is 10.1 Å². The Balaban J connectivity index is 0.00000144. The van der Waals surface area contributed by atoms with Gasteiger partial charge < -0.3 is 10.1 Å². The molecule has 1 fully saturated rings. The van der Waals surface area contributed by atoms with Gasteiger partial charge in [-0.1, -0.05) is 11.6 Å². The molecule has 0 unspecified atom stereocenters. The highest BCUT2D eigenvalue weighted by molar-refractivity contribution is 6.31. The highest BCUT2D eigenvalue weighted by Crippen LogP contribution is 2.26. The highest BCUT2D eigenvalue weighted by Gasteiger charge is 2.15. The van der Waals surface area contributed by atoms with Crippen LogP contribution in [0.4, 0.5) is 0 Å². The van der Waals surface area contributed by atoms with E-state index in [1.165, 1.54) is 18.4 Å². The van der Waals surface area contributed by atoms with Crippen LogP contribution >= 0.6 is 24.0 Å². The van der Waals surface area contributed by atoms with Gasteiger partial charge in [0.2, 0.25) is 0 Å².